The van der Waals surface area contributed by atoms with Crippen LogP contribution in [0, 0.1) is 6.92 Å². The van der Waals surface area contributed by atoms with Gasteiger partial charge in [0.2, 0.25) is 0 Å². The Kier molecular flexibility index (Phi) is 5.18. The van der Waals surface area contributed by atoms with E-state index >= 15 is 0 Å². The molecule has 1 aromatic carbocycles. The summed E-state index contributed by atoms with van der Waals surface area (Å²) in [5.74, 6) is -0.451. The van der Waals surface area contributed by atoms with Gasteiger partial charge >= 0.3 is 0 Å². The molecule has 1 amide bonds. The Morgan fingerprint density at radius 1 is 1.27 bits per heavy atom. The van der Waals surface area contributed by atoms with Crippen LogP contribution in [0.1, 0.15) is 42.9 Å². The van der Waals surface area contributed by atoms with Gasteiger partial charge in [-0.2, -0.15) is 0 Å². The van der Waals surface area contributed by atoms with Gasteiger partial charge in [-0.15, -0.1) is 0 Å². The number of carbonyl (C=O) groups excluding carboxylic acids is 2. The molecular formula is C20H20ClNO4. The molecule has 1 fully saturated rings. The highest BCUT2D eigenvalue weighted by molar-refractivity contribution is 6.46. The van der Waals surface area contributed by atoms with Gasteiger partial charge in [-0.3, -0.25) is 9.59 Å². The van der Waals surface area contributed by atoms with Gasteiger partial charge in [0.05, 0.1) is 5.57 Å². The number of unbranched alkanes of at least 4 members (excludes halogenated alkanes) is 1. The van der Waals surface area contributed by atoms with Crippen molar-refractivity contribution in [3.63, 3.8) is 0 Å². The maximum absolute atomic E-state index is 12.7. The lowest BCUT2D eigenvalue weighted by molar-refractivity contribution is -0.140. The number of ketones is 1. The Hall–Kier alpha value is -2.53. The minimum atomic E-state index is -0.741. The number of aryl methyl sites for hydroxylation is 1. The van der Waals surface area contributed by atoms with Gasteiger partial charge in [-0.25, -0.2) is 0 Å². The zero-order valence-corrected chi connectivity index (χ0v) is 15.4. The number of hydrogen-bond acceptors (Lipinski definition) is 4. The van der Waals surface area contributed by atoms with Crippen molar-refractivity contribution in [2.24, 2.45) is 0 Å². The number of benzene rings is 1. The average molecular weight is 374 g/mol. The number of carbonyl (C=O) groups is 2. The number of nitrogens with zero attached hydrogens (tertiary/aromatic N) is 1. The number of furan rings is 1. The highest BCUT2D eigenvalue weighted by atomic mass is 35.5. The SMILES string of the molecule is CCCCN1C(=O)C(=O)/C(=C(\O)c2cccc(Cl)c2)C1c1ccc(C)o1. The van der Waals surface area contributed by atoms with Crippen molar-refractivity contribution >= 4 is 29.1 Å². The minimum Gasteiger partial charge on any atom is -0.507 e. The first kappa shape index (κ1) is 18.3. The summed E-state index contributed by atoms with van der Waals surface area (Å²) in [4.78, 5) is 26.7. The van der Waals surface area contributed by atoms with Crippen LogP contribution in [0.3, 0.4) is 0 Å². The molecule has 5 nitrogen and oxygen atoms in total. The van der Waals surface area contributed by atoms with Crippen molar-refractivity contribution in [1.29, 1.82) is 0 Å². The zero-order valence-electron chi connectivity index (χ0n) is 14.7. The van der Waals surface area contributed by atoms with Gasteiger partial charge in [0.15, 0.2) is 0 Å². The van der Waals surface area contributed by atoms with E-state index in [2.05, 4.69) is 0 Å². The lowest BCUT2D eigenvalue weighted by Gasteiger charge is -2.23. The van der Waals surface area contributed by atoms with Crippen LogP contribution in [0.4, 0.5) is 0 Å². The first-order valence-electron chi connectivity index (χ1n) is 8.54. The molecule has 1 atom stereocenters. The second-order valence-corrected chi connectivity index (χ2v) is 6.74. The standard InChI is InChI=1S/C20H20ClNO4/c1-3-4-10-22-17(15-9-8-12(2)26-15)16(19(24)20(22)25)18(23)13-6-5-7-14(21)11-13/h5-9,11,17,23H,3-4,10H2,1-2H3/b18-16-. The van der Waals surface area contributed by atoms with Crippen LogP contribution in [0.5, 0.6) is 0 Å². The third-order valence-electron chi connectivity index (χ3n) is 4.42. The summed E-state index contributed by atoms with van der Waals surface area (Å²) in [5.41, 5.74) is 0.419. The molecule has 3 rings (SSSR count). The molecule has 0 bridgehead atoms. The van der Waals surface area contributed by atoms with Crippen molar-refractivity contribution in [2.45, 2.75) is 32.7 Å². The molecule has 26 heavy (non-hydrogen) atoms. The summed E-state index contributed by atoms with van der Waals surface area (Å²) in [6.07, 6.45) is 1.63. The Bertz CT molecular complexity index is 883. The Labute approximate surface area is 156 Å². The van der Waals surface area contributed by atoms with E-state index in [1.54, 1.807) is 43.3 Å². The molecule has 6 heteroatoms. The number of hydrogen-bond donors (Lipinski definition) is 1. The lowest BCUT2D eigenvalue weighted by Crippen LogP contribution is -2.30. The predicted molar refractivity (Wildman–Crippen MR) is 98.8 cm³/mol. The molecule has 136 valence electrons. The van der Waals surface area contributed by atoms with Gasteiger partial charge < -0.3 is 14.4 Å². The average Bonchev–Trinajstić information content (AvgIpc) is 3.15. The maximum atomic E-state index is 12.7. The molecule has 1 aromatic heterocycles. The Morgan fingerprint density at radius 3 is 2.65 bits per heavy atom. The number of Topliss-reactive ketones (excluding diaryl/α,β-unsaturated/α-hetero) is 1. The fourth-order valence-electron chi connectivity index (χ4n) is 3.13. The van der Waals surface area contributed by atoms with Gasteiger partial charge in [0, 0.05) is 17.1 Å². The molecule has 1 saturated heterocycles. The second-order valence-electron chi connectivity index (χ2n) is 6.30. The first-order valence-corrected chi connectivity index (χ1v) is 8.92. The normalized spacial score (nSPS) is 19.3. The number of rotatable bonds is 5. The molecular weight excluding hydrogens is 354 g/mol. The molecule has 0 radical (unpaired) electrons. The highest BCUT2D eigenvalue weighted by Gasteiger charge is 2.47. The van der Waals surface area contributed by atoms with Crippen LogP contribution in [0.25, 0.3) is 5.76 Å². The van der Waals surface area contributed by atoms with E-state index in [1.165, 1.54) is 4.90 Å². The van der Waals surface area contributed by atoms with Crippen LogP contribution in [0.15, 0.2) is 46.4 Å². The summed E-state index contributed by atoms with van der Waals surface area (Å²) >= 11 is 6.00. The second kappa shape index (κ2) is 7.38. The number of aliphatic hydroxyl groups is 1. The molecule has 1 unspecified atom stereocenters. The van der Waals surface area contributed by atoms with Crippen molar-refractivity contribution < 1.29 is 19.1 Å². The van der Waals surface area contributed by atoms with Crippen LogP contribution in [-0.2, 0) is 9.59 Å². The Morgan fingerprint density at radius 2 is 2.04 bits per heavy atom. The molecule has 1 aliphatic rings. The number of halogens is 1. The number of amides is 1. The smallest absolute Gasteiger partial charge is 0.295 e. The number of aliphatic hydroxyl groups excluding tert-OH is 1. The summed E-state index contributed by atoms with van der Waals surface area (Å²) in [6, 6.07) is 9.31. The van der Waals surface area contributed by atoms with Crippen LogP contribution < -0.4 is 0 Å². The van der Waals surface area contributed by atoms with E-state index < -0.39 is 17.7 Å². The third kappa shape index (κ3) is 3.27. The first-order chi connectivity index (χ1) is 12.4. The molecule has 1 aliphatic heterocycles. The summed E-state index contributed by atoms with van der Waals surface area (Å²) in [6.45, 7) is 4.21. The third-order valence-corrected chi connectivity index (χ3v) is 4.66. The molecule has 2 aromatic rings. The van der Waals surface area contributed by atoms with Crippen molar-refractivity contribution in [3.05, 3.63) is 64.1 Å². The number of likely N-dealkylation sites (tertiary alicyclic amines) is 1. The lowest BCUT2D eigenvalue weighted by atomic mass is 9.99. The van der Waals surface area contributed by atoms with E-state index in [0.717, 1.165) is 12.8 Å². The van der Waals surface area contributed by atoms with Gasteiger partial charge in [0.25, 0.3) is 11.7 Å². The van der Waals surface area contributed by atoms with Crippen LogP contribution in [0.2, 0.25) is 5.02 Å². The van der Waals surface area contributed by atoms with Crippen molar-refractivity contribution in [3.8, 4) is 0 Å². The largest absolute Gasteiger partial charge is 0.507 e. The predicted octanol–water partition coefficient (Wildman–Crippen LogP) is 4.46. The van der Waals surface area contributed by atoms with Crippen molar-refractivity contribution in [1.82, 2.24) is 4.90 Å². The van der Waals surface area contributed by atoms with Crippen LogP contribution >= 0.6 is 11.6 Å². The fraction of sp³-hybridized carbons (Fsp3) is 0.300. The Balaban J connectivity index is 2.15. The minimum absolute atomic E-state index is 0.0303. The molecule has 0 spiro atoms. The topological polar surface area (TPSA) is 70.8 Å². The molecule has 0 saturated carbocycles. The van der Waals surface area contributed by atoms with E-state index in [-0.39, 0.29) is 11.3 Å². The van der Waals surface area contributed by atoms with Gasteiger partial charge in [0.1, 0.15) is 23.3 Å². The van der Waals surface area contributed by atoms with E-state index in [9.17, 15) is 14.7 Å². The van der Waals surface area contributed by atoms with E-state index in [4.69, 9.17) is 16.0 Å². The summed E-state index contributed by atoms with van der Waals surface area (Å²) in [5, 5.41) is 11.2. The zero-order chi connectivity index (χ0) is 18.8. The molecule has 2 heterocycles. The molecule has 1 N–H and O–H groups in total. The van der Waals surface area contributed by atoms with Gasteiger partial charge in [-0.1, -0.05) is 37.1 Å². The van der Waals surface area contributed by atoms with E-state index in [0.29, 0.717) is 28.7 Å². The van der Waals surface area contributed by atoms with Crippen molar-refractivity contribution in [2.75, 3.05) is 6.54 Å². The van der Waals surface area contributed by atoms with E-state index in [1.807, 2.05) is 6.92 Å². The molecule has 0 aliphatic carbocycles. The fourth-order valence-corrected chi connectivity index (χ4v) is 3.32. The van der Waals surface area contributed by atoms with Gasteiger partial charge in [-0.05, 0) is 37.6 Å². The quantitative estimate of drug-likeness (QED) is 0.477. The van der Waals surface area contributed by atoms with Crippen LogP contribution in [-0.4, -0.2) is 28.2 Å². The monoisotopic (exact) mass is 373 g/mol. The highest BCUT2D eigenvalue weighted by Crippen LogP contribution is 2.40. The maximum Gasteiger partial charge on any atom is 0.295 e. The summed E-state index contributed by atoms with van der Waals surface area (Å²) < 4.78 is 5.70. The summed E-state index contributed by atoms with van der Waals surface area (Å²) in [7, 11) is 0.